The van der Waals surface area contributed by atoms with Gasteiger partial charge in [-0.1, -0.05) is 42.0 Å². The molecule has 1 aliphatic carbocycles. The minimum absolute atomic E-state index is 0.188. The first-order valence-electron chi connectivity index (χ1n) is 8.35. The largest absolute Gasteiger partial charge is 0.340 e. The van der Waals surface area contributed by atoms with Crippen molar-refractivity contribution in [3.8, 4) is 0 Å². The van der Waals surface area contributed by atoms with Gasteiger partial charge in [-0.15, -0.1) is 0 Å². The first kappa shape index (κ1) is 14.9. The maximum absolute atomic E-state index is 13.0. The van der Waals surface area contributed by atoms with Crippen LogP contribution in [0.5, 0.6) is 0 Å². The second-order valence-corrected chi connectivity index (χ2v) is 6.81. The predicted octanol–water partition coefficient (Wildman–Crippen LogP) is 3.56. The monoisotopic (exact) mass is 319 g/mol. The molecular formula is C20H21N3O. The van der Waals surface area contributed by atoms with Gasteiger partial charge in [0.2, 0.25) is 5.91 Å². The molecule has 122 valence electrons. The van der Waals surface area contributed by atoms with E-state index in [0.717, 1.165) is 35.3 Å². The quantitative estimate of drug-likeness (QED) is 0.799. The lowest BCUT2D eigenvalue weighted by atomic mass is 9.93. The SMILES string of the molecule is Cc1cccc(C2(C(=O)N(C)Cc3nc4ccccc4[nH]3)CC2)c1. The van der Waals surface area contributed by atoms with Gasteiger partial charge in [-0.2, -0.15) is 0 Å². The third-order valence-electron chi connectivity index (χ3n) is 4.90. The van der Waals surface area contributed by atoms with Crippen LogP contribution < -0.4 is 0 Å². The van der Waals surface area contributed by atoms with E-state index < -0.39 is 0 Å². The summed E-state index contributed by atoms with van der Waals surface area (Å²) in [4.78, 5) is 22.7. The number of H-pyrrole nitrogens is 1. The average Bonchev–Trinajstić information content (AvgIpc) is 3.28. The van der Waals surface area contributed by atoms with E-state index >= 15 is 0 Å². The van der Waals surface area contributed by atoms with E-state index in [1.807, 2.05) is 37.4 Å². The number of aryl methyl sites for hydroxylation is 1. The lowest BCUT2D eigenvalue weighted by Gasteiger charge is -2.23. The maximum Gasteiger partial charge on any atom is 0.233 e. The topological polar surface area (TPSA) is 49.0 Å². The van der Waals surface area contributed by atoms with Crippen molar-refractivity contribution in [3.05, 3.63) is 65.5 Å². The molecule has 1 aliphatic rings. The van der Waals surface area contributed by atoms with Gasteiger partial charge >= 0.3 is 0 Å². The molecule has 0 aliphatic heterocycles. The van der Waals surface area contributed by atoms with E-state index in [2.05, 4.69) is 35.1 Å². The second kappa shape index (κ2) is 5.48. The van der Waals surface area contributed by atoms with Crippen LogP contribution in [-0.2, 0) is 16.8 Å². The van der Waals surface area contributed by atoms with Gasteiger partial charge in [0, 0.05) is 7.05 Å². The van der Waals surface area contributed by atoms with Crippen LogP contribution >= 0.6 is 0 Å². The van der Waals surface area contributed by atoms with E-state index in [1.54, 1.807) is 4.90 Å². The Labute approximate surface area is 141 Å². The van der Waals surface area contributed by atoms with E-state index in [0.29, 0.717) is 6.54 Å². The molecule has 1 fully saturated rings. The van der Waals surface area contributed by atoms with Gasteiger partial charge in [-0.25, -0.2) is 4.98 Å². The molecule has 0 bridgehead atoms. The zero-order valence-corrected chi connectivity index (χ0v) is 14.0. The third kappa shape index (κ3) is 2.48. The summed E-state index contributed by atoms with van der Waals surface area (Å²) >= 11 is 0. The van der Waals surface area contributed by atoms with Crippen LogP contribution in [0.15, 0.2) is 48.5 Å². The highest BCUT2D eigenvalue weighted by molar-refractivity contribution is 5.91. The second-order valence-electron chi connectivity index (χ2n) is 6.81. The van der Waals surface area contributed by atoms with Crippen LogP contribution in [0.2, 0.25) is 0 Å². The van der Waals surface area contributed by atoms with E-state index in [-0.39, 0.29) is 11.3 Å². The van der Waals surface area contributed by atoms with Crippen molar-refractivity contribution in [3.63, 3.8) is 0 Å². The number of carbonyl (C=O) groups excluding carboxylic acids is 1. The van der Waals surface area contributed by atoms with Gasteiger partial charge in [-0.05, 0) is 37.5 Å². The number of amides is 1. The Hall–Kier alpha value is -2.62. The molecule has 1 amide bonds. The van der Waals surface area contributed by atoms with Crippen LogP contribution in [-0.4, -0.2) is 27.8 Å². The smallest absolute Gasteiger partial charge is 0.233 e. The first-order chi connectivity index (χ1) is 11.6. The average molecular weight is 319 g/mol. The number of rotatable bonds is 4. The Morgan fingerprint density at radius 1 is 1.21 bits per heavy atom. The summed E-state index contributed by atoms with van der Waals surface area (Å²) in [7, 11) is 1.87. The van der Waals surface area contributed by atoms with E-state index in [9.17, 15) is 4.79 Å². The number of para-hydroxylation sites is 2. The Morgan fingerprint density at radius 2 is 2.00 bits per heavy atom. The van der Waals surface area contributed by atoms with Crippen molar-refractivity contribution in [1.82, 2.24) is 14.9 Å². The summed E-state index contributed by atoms with van der Waals surface area (Å²) in [6, 6.07) is 16.3. The zero-order chi connectivity index (χ0) is 16.7. The fourth-order valence-corrected chi connectivity index (χ4v) is 3.44. The number of hydrogen-bond acceptors (Lipinski definition) is 2. The predicted molar refractivity (Wildman–Crippen MR) is 94.7 cm³/mol. The standard InChI is InChI=1S/C20H21N3O/c1-14-6-5-7-15(12-14)20(10-11-20)19(24)23(2)13-18-21-16-8-3-4-9-17(16)22-18/h3-9,12H,10-11,13H2,1-2H3,(H,21,22). The summed E-state index contributed by atoms with van der Waals surface area (Å²) in [6.45, 7) is 2.57. The molecule has 24 heavy (non-hydrogen) atoms. The Morgan fingerprint density at radius 3 is 2.71 bits per heavy atom. The first-order valence-corrected chi connectivity index (χ1v) is 8.35. The van der Waals surface area contributed by atoms with E-state index in [4.69, 9.17) is 0 Å². The highest BCUT2D eigenvalue weighted by Crippen LogP contribution is 2.49. The van der Waals surface area contributed by atoms with Gasteiger partial charge in [0.25, 0.3) is 0 Å². The molecule has 1 N–H and O–H groups in total. The van der Waals surface area contributed by atoms with Crippen LogP contribution in [0, 0.1) is 6.92 Å². The summed E-state index contributed by atoms with van der Waals surface area (Å²) in [6.07, 6.45) is 1.86. The lowest BCUT2D eigenvalue weighted by Crippen LogP contribution is -2.36. The van der Waals surface area contributed by atoms with Gasteiger partial charge in [-0.3, -0.25) is 4.79 Å². The third-order valence-corrected chi connectivity index (χ3v) is 4.90. The molecule has 0 spiro atoms. The Balaban J connectivity index is 1.55. The fourth-order valence-electron chi connectivity index (χ4n) is 3.44. The molecular weight excluding hydrogens is 298 g/mol. The van der Waals surface area contributed by atoms with Crippen molar-refractivity contribution in [2.24, 2.45) is 0 Å². The van der Waals surface area contributed by atoms with Gasteiger partial charge in [0.15, 0.2) is 0 Å². The number of likely N-dealkylation sites (N-methyl/N-ethyl adjacent to an activating group) is 1. The number of carbonyl (C=O) groups is 1. The molecule has 4 heteroatoms. The van der Waals surface area contributed by atoms with Crippen molar-refractivity contribution in [2.75, 3.05) is 7.05 Å². The summed E-state index contributed by atoms with van der Waals surface area (Å²) in [5, 5.41) is 0. The van der Waals surface area contributed by atoms with Gasteiger partial charge < -0.3 is 9.88 Å². The van der Waals surface area contributed by atoms with Crippen LogP contribution in [0.1, 0.15) is 29.8 Å². The van der Waals surface area contributed by atoms with Crippen molar-refractivity contribution < 1.29 is 4.79 Å². The number of fused-ring (bicyclic) bond motifs is 1. The number of aromatic amines is 1. The van der Waals surface area contributed by atoms with Crippen molar-refractivity contribution in [2.45, 2.75) is 31.7 Å². The normalized spacial score (nSPS) is 15.4. The summed E-state index contributed by atoms with van der Waals surface area (Å²) in [5.41, 5.74) is 3.96. The molecule has 1 heterocycles. The highest BCUT2D eigenvalue weighted by Gasteiger charge is 2.52. The minimum atomic E-state index is -0.327. The molecule has 0 unspecified atom stereocenters. The number of aromatic nitrogens is 2. The summed E-state index contributed by atoms with van der Waals surface area (Å²) in [5.74, 6) is 1.01. The number of hydrogen-bond donors (Lipinski definition) is 1. The molecule has 1 saturated carbocycles. The Bertz CT molecular complexity index is 875. The maximum atomic E-state index is 13.0. The van der Waals surface area contributed by atoms with Crippen molar-refractivity contribution in [1.29, 1.82) is 0 Å². The van der Waals surface area contributed by atoms with Gasteiger partial charge in [0.1, 0.15) is 5.82 Å². The van der Waals surface area contributed by atoms with E-state index in [1.165, 1.54) is 5.56 Å². The molecule has 1 aromatic heterocycles. The number of imidazole rings is 1. The molecule has 0 radical (unpaired) electrons. The number of nitrogens with zero attached hydrogens (tertiary/aromatic N) is 2. The van der Waals surface area contributed by atoms with Crippen LogP contribution in [0.4, 0.5) is 0 Å². The van der Waals surface area contributed by atoms with Crippen LogP contribution in [0.3, 0.4) is 0 Å². The van der Waals surface area contributed by atoms with Crippen LogP contribution in [0.25, 0.3) is 11.0 Å². The molecule has 4 rings (SSSR count). The molecule has 0 saturated heterocycles. The number of nitrogens with one attached hydrogen (secondary N) is 1. The molecule has 3 aromatic rings. The fraction of sp³-hybridized carbons (Fsp3) is 0.300. The summed E-state index contributed by atoms with van der Waals surface area (Å²) < 4.78 is 0. The highest BCUT2D eigenvalue weighted by atomic mass is 16.2. The van der Waals surface area contributed by atoms with Gasteiger partial charge in [0.05, 0.1) is 23.0 Å². The molecule has 2 aromatic carbocycles. The Kier molecular flexibility index (Phi) is 3.41. The molecule has 0 atom stereocenters. The molecule has 4 nitrogen and oxygen atoms in total. The van der Waals surface area contributed by atoms with Crippen molar-refractivity contribution >= 4 is 16.9 Å². The lowest BCUT2D eigenvalue weighted by molar-refractivity contribution is -0.133. The number of benzene rings is 2. The zero-order valence-electron chi connectivity index (χ0n) is 14.0. The minimum Gasteiger partial charge on any atom is -0.340 e.